The smallest absolute Gasteiger partial charge is 0.286 e. The number of thioether (sulfide) groups is 1. The maximum Gasteiger partial charge on any atom is 0.286 e. The second-order valence-electron chi connectivity index (χ2n) is 7.45. The van der Waals surface area contributed by atoms with Gasteiger partial charge in [-0.1, -0.05) is 46.8 Å². The molecule has 5 rings (SSSR count). The number of aromatic nitrogens is 3. The van der Waals surface area contributed by atoms with E-state index >= 15 is 0 Å². The molecule has 0 unspecified atom stereocenters. The molecule has 0 aliphatic carbocycles. The van der Waals surface area contributed by atoms with Crippen molar-refractivity contribution in [2.75, 3.05) is 42.1 Å². The summed E-state index contributed by atoms with van der Waals surface area (Å²) in [6.07, 6.45) is 0. The number of anilines is 2. The monoisotopic (exact) mass is 530 g/mol. The molecule has 2 aromatic heterocycles. The second kappa shape index (κ2) is 10.3. The second-order valence-corrected chi connectivity index (χ2v) is 11.1. The van der Waals surface area contributed by atoms with Crippen molar-refractivity contribution in [1.82, 2.24) is 20.1 Å². The molecule has 0 bridgehead atoms. The third-order valence-electron chi connectivity index (χ3n) is 5.26. The molecule has 0 radical (unpaired) electrons. The molecule has 34 heavy (non-hydrogen) atoms. The summed E-state index contributed by atoms with van der Waals surface area (Å²) in [5, 5.41) is 12.3. The molecule has 1 fully saturated rings. The number of rotatable bonds is 6. The van der Waals surface area contributed by atoms with E-state index in [0.29, 0.717) is 32.6 Å². The lowest BCUT2D eigenvalue weighted by atomic mass is 10.2. The molecule has 2 amide bonds. The number of para-hydroxylation sites is 1. The van der Waals surface area contributed by atoms with Gasteiger partial charge >= 0.3 is 0 Å². The Bertz CT molecular complexity index is 1280. The highest BCUT2D eigenvalue weighted by molar-refractivity contribution is 8.01. The third-order valence-corrected chi connectivity index (χ3v) is 8.50. The Balaban J connectivity index is 1.10. The van der Waals surface area contributed by atoms with Gasteiger partial charge in [0.15, 0.2) is 9.35 Å². The first-order valence-electron chi connectivity index (χ1n) is 10.5. The van der Waals surface area contributed by atoms with Crippen LogP contribution in [0.2, 0.25) is 5.02 Å². The van der Waals surface area contributed by atoms with Gasteiger partial charge in [0.2, 0.25) is 11.0 Å². The number of piperazine rings is 1. The molecule has 1 aliphatic heterocycles. The highest BCUT2D eigenvalue weighted by Crippen LogP contribution is 2.28. The molecule has 2 aromatic carbocycles. The predicted molar refractivity (Wildman–Crippen MR) is 138 cm³/mol. The molecule has 1 N–H and O–H groups in total. The number of hydrogen-bond acceptors (Lipinski definition) is 9. The molecular weight excluding hydrogens is 512 g/mol. The fourth-order valence-corrected chi connectivity index (χ4v) is 6.16. The number of halogens is 1. The Morgan fingerprint density at radius 2 is 1.76 bits per heavy atom. The average molecular weight is 531 g/mol. The van der Waals surface area contributed by atoms with Gasteiger partial charge in [-0.05, 0) is 36.4 Å². The standard InChI is InChI=1S/C22H19ClN6O2S3/c23-14-5-7-15(8-6-14)28-9-11-29(12-10-28)18(30)13-32-22-27-26-21(34-22)25-19(31)20-24-16-3-1-2-4-17(16)33-20/h1-8H,9-13H2,(H,25,26,31). The van der Waals surface area contributed by atoms with Gasteiger partial charge in [0.05, 0.1) is 16.0 Å². The lowest BCUT2D eigenvalue weighted by Gasteiger charge is -2.36. The Morgan fingerprint density at radius 1 is 1.00 bits per heavy atom. The molecule has 0 atom stereocenters. The van der Waals surface area contributed by atoms with Gasteiger partial charge in [0.25, 0.3) is 5.91 Å². The van der Waals surface area contributed by atoms with E-state index in [0.717, 1.165) is 29.0 Å². The van der Waals surface area contributed by atoms with Crippen LogP contribution in [0.5, 0.6) is 0 Å². The first-order chi connectivity index (χ1) is 16.5. The minimum Gasteiger partial charge on any atom is -0.368 e. The van der Waals surface area contributed by atoms with Crippen molar-refractivity contribution in [3.8, 4) is 0 Å². The van der Waals surface area contributed by atoms with Gasteiger partial charge in [0.1, 0.15) is 0 Å². The maximum absolute atomic E-state index is 12.7. The number of amides is 2. The molecular formula is C22H19ClN6O2S3. The summed E-state index contributed by atoms with van der Waals surface area (Å²) >= 11 is 9.87. The van der Waals surface area contributed by atoms with E-state index in [1.54, 1.807) is 0 Å². The number of thiazole rings is 1. The van der Waals surface area contributed by atoms with Crippen LogP contribution in [0.25, 0.3) is 10.2 Å². The van der Waals surface area contributed by atoms with Crippen molar-refractivity contribution >= 4 is 78.9 Å². The molecule has 174 valence electrons. The molecule has 4 aromatic rings. The lowest BCUT2D eigenvalue weighted by Crippen LogP contribution is -2.49. The van der Waals surface area contributed by atoms with Gasteiger partial charge < -0.3 is 9.80 Å². The summed E-state index contributed by atoms with van der Waals surface area (Å²) in [6.45, 7) is 2.89. The quantitative estimate of drug-likeness (QED) is 0.290. The summed E-state index contributed by atoms with van der Waals surface area (Å²) in [7, 11) is 0. The number of fused-ring (bicyclic) bond motifs is 1. The summed E-state index contributed by atoms with van der Waals surface area (Å²) in [5.74, 6) is 0.0287. The summed E-state index contributed by atoms with van der Waals surface area (Å²) in [5.41, 5.74) is 1.90. The van der Waals surface area contributed by atoms with Gasteiger partial charge in [-0.2, -0.15) is 0 Å². The van der Waals surface area contributed by atoms with E-state index in [-0.39, 0.29) is 17.6 Å². The minimum atomic E-state index is -0.316. The Kier molecular flexibility index (Phi) is 6.95. The Labute approximate surface area is 213 Å². The lowest BCUT2D eigenvalue weighted by molar-refractivity contribution is -0.128. The molecule has 1 saturated heterocycles. The van der Waals surface area contributed by atoms with E-state index in [1.165, 1.54) is 34.4 Å². The van der Waals surface area contributed by atoms with Crippen LogP contribution < -0.4 is 10.2 Å². The number of nitrogens with zero attached hydrogens (tertiary/aromatic N) is 5. The molecule has 0 saturated carbocycles. The van der Waals surface area contributed by atoms with Crippen LogP contribution >= 0.6 is 46.0 Å². The summed E-state index contributed by atoms with van der Waals surface area (Å²) in [4.78, 5) is 33.6. The van der Waals surface area contributed by atoms with E-state index in [4.69, 9.17) is 11.6 Å². The van der Waals surface area contributed by atoms with Crippen LogP contribution in [-0.4, -0.2) is 63.8 Å². The molecule has 8 nitrogen and oxygen atoms in total. The van der Waals surface area contributed by atoms with E-state index in [1.807, 2.05) is 53.4 Å². The topological polar surface area (TPSA) is 91.3 Å². The van der Waals surface area contributed by atoms with Crippen LogP contribution in [0, 0.1) is 0 Å². The fraction of sp³-hybridized carbons (Fsp3) is 0.227. The zero-order valence-corrected chi connectivity index (χ0v) is 21.0. The van der Waals surface area contributed by atoms with Crippen LogP contribution in [0.15, 0.2) is 52.9 Å². The number of carbonyl (C=O) groups excluding carboxylic acids is 2. The van der Waals surface area contributed by atoms with Crippen molar-refractivity contribution in [2.24, 2.45) is 0 Å². The first kappa shape index (κ1) is 23.0. The van der Waals surface area contributed by atoms with Crippen LogP contribution in [0.4, 0.5) is 10.8 Å². The third kappa shape index (κ3) is 5.33. The number of carbonyl (C=O) groups is 2. The molecule has 0 spiro atoms. The van der Waals surface area contributed by atoms with E-state index in [9.17, 15) is 9.59 Å². The molecule has 12 heteroatoms. The number of nitrogens with one attached hydrogen (secondary N) is 1. The first-order valence-corrected chi connectivity index (χ1v) is 13.5. The summed E-state index contributed by atoms with van der Waals surface area (Å²) in [6, 6.07) is 15.4. The highest BCUT2D eigenvalue weighted by Gasteiger charge is 2.22. The van der Waals surface area contributed by atoms with Crippen molar-refractivity contribution in [3.63, 3.8) is 0 Å². The van der Waals surface area contributed by atoms with Crippen molar-refractivity contribution in [1.29, 1.82) is 0 Å². The van der Waals surface area contributed by atoms with E-state index < -0.39 is 0 Å². The Hall–Kier alpha value is -2.73. The SMILES string of the molecule is O=C(Nc1nnc(SCC(=O)N2CCN(c3ccc(Cl)cc3)CC2)s1)c1nc2ccccc2s1. The molecule has 3 heterocycles. The zero-order valence-electron chi connectivity index (χ0n) is 17.8. The zero-order chi connectivity index (χ0) is 23.5. The van der Waals surface area contributed by atoms with Gasteiger partial charge in [0, 0.05) is 36.9 Å². The van der Waals surface area contributed by atoms with E-state index in [2.05, 4.69) is 25.4 Å². The van der Waals surface area contributed by atoms with Crippen LogP contribution in [-0.2, 0) is 4.79 Å². The van der Waals surface area contributed by atoms with Crippen molar-refractivity contribution in [3.05, 3.63) is 58.6 Å². The maximum atomic E-state index is 12.7. The highest BCUT2D eigenvalue weighted by atomic mass is 35.5. The number of benzene rings is 2. The number of hydrogen-bond donors (Lipinski definition) is 1. The summed E-state index contributed by atoms with van der Waals surface area (Å²) < 4.78 is 1.58. The largest absolute Gasteiger partial charge is 0.368 e. The van der Waals surface area contributed by atoms with Gasteiger partial charge in [-0.3, -0.25) is 14.9 Å². The normalized spacial score (nSPS) is 13.9. The average Bonchev–Trinajstić information content (AvgIpc) is 3.50. The van der Waals surface area contributed by atoms with Crippen LogP contribution in [0.3, 0.4) is 0 Å². The van der Waals surface area contributed by atoms with Crippen LogP contribution in [0.1, 0.15) is 9.80 Å². The predicted octanol–water partition coefficient (Wildman–Crippen LogP) is 4.49. The minimum absolute atomic E-state index is 0.0658. The van der Waals surface area contributed by atoms with Gasteiger partial charge in [-0.25, -0.2) is 4.98 Å². The molecule has 1 aliphatic rings. The Morgan fingerprint density at radius 3 is 2.53 bits per heavy atom. The van der Waals surface area contributed by atoms with Crippen molar-refractivity contribution in [2.45, 2.75) is 4.34 Å². The fourth-order valence-electron chi connectivity index (χ4n) is 3.52. The van der Waals surface area contributed by atoms with Gasteiger partial charge in [-0.15, -0.1) is 21.5 Å². The van der Waals surface area contributed by atoms with Crippen molar-refractivity contribution < 1.29 is 9.59 Å².